The zero-order valence-corrected chi connectivity index (χ0v) is 15.8. The van der Waals surface area contributed by atoms with Crippen molar-refractivity contribution in [1.82, 2.24) is 0 Å². The third-order valence-electron chi connectivity index (χ3n) is 4.51. The van der Waals surface area contributed by atoms with Gasteiger partial charge in [0.2, 0.25) is 0 Å². The van der Waals surface area contributed by atoms with Crippen LogP contribution in [0.25, 0.3) is 21.9 Å². The van der Waals surface area contributed by atoms with Gasteiger partial charge in [-0.1, -0.05) is 30.3 Å². The van der Waals surface area contributed by atoms with Crippen molar-refractivity contribution in [1.29, 1.82) is 0 Å². The molecule has 29 heavy (non-hydrogen) atoms. The molecule has 0 aliphatic carbocycles. The highest BCUT2D eigenvalue weighted by molar-refractivity contribution is 6.07. The minimum absolute atomic E-state index is 0.0669. The number of esters is 1. The van der Waals surface area contributed by atoms with Crippen LogP contribution in [-0.4, -0.2) is 25.6 Å². The fourth-order valence-corrected chi connectivity index (χ4v) is 3.15. The molecule has 1 amide bonds. The molecule has 0 aliphatic rings. The molecule has 0 saturated carbocycles. The molecule has 0 atom stereocenters. The summed E-state index contributed by atoms with van der Waals surface area (Å²) in [5.41, 5.74) is 2.90. The van der Waals surface area contributed by atoms with E-state index in [9.17, 15) is 9.59 Å². The maximum atomic E-state index is 12.2. The lowest BCUT2D eigenvalue weighted by Gasteiger charge is -2.07. The van der Waals surface area contributed by atoms with Gasteiger partial charge in [0.1, 0.15) is 16.9 Å². The number of fused-ring (bicyclic) bond motifs is 3. The third-order valence-corrected chi connectivity index (χ3v) is 4.51. The number of anilines is 1. The molecule has 0 spiro atoms. The third kappa shape index (κ3) is 4.21. The summed E-state index contributed by atoms with van der Waals surface area (Å²) in [6.07, 6.45) is 0.0669. The molecule has 0 radical (unpaired) electrons. The molecule has 146 valence electrons. The maximum absolute atomic E-state index is 12.2. The van der Waals surface area contributed by atoms with E-state index >= 15 is 0 Å². The Morgan fingerprint density at radius 3 is 2.62 bits per heavy atom. The van der Waals surface area contributed by atoms with Gasteiger partial charge in [0, 0.05) is 16.5 Å². The molecule has 4 rings (SSSR count). The topological polar surface area (TPSA) is 77.8 Å². The summed E-state index contributed by atoms with van der Waals surface area (Å²) in [7, 11) is 1.56. The van der Waals surface area contributed by atoms with Gasteiger partial charge < -0.3 is 19.2 Å². The number of furan rings is 1. The molecule has 1 aromatic heterocycles. The van der Waals surface area contributed by atoms with Gasteiger partial charge in [0.15, 0.2) is 6.61 Å². The molecule has 0 bridgehead atoms. The summed E-state index contributed by atoms with van der Waals surface area (Å²) in [6, 6.07) is 20.3. The monoisotopic (exact) mass is 389 g/mol. The first-order valence-electron chi connectivity index (χ1n) is 9.12. The molecule has 6 heteroatoms. The van der Waals surface area contributed by atoms with Crippen LogP contribution < -0.4 is 10.1 Å². The van der Waals surface area contributed by atoms with Crippen LogP contribution in [0.3, 0.4) is 0 Å². The van der Waals surface area contributed by atoms with Gasteiger partial charge in [-0.3, -0.25) is 9.59 Å². The van der Waals surface area contributed by atoms with E-state index in [0.29, 0.717) is 11.4 Å². The van der Waals surface area contributed by atoms with Gasteiger partial charge in [-0.15, -0.1) is 0 Å². The normalized spacial score (nSPS) is 10.8. The van der Waals surface area contributed by atoms with E-state index in [0.717, 1.165) is 27.5 Å². The van der Waals surface area contributed by atoms with Crippen LogP contribution in [0.1, 0.15) is 5.56 Å². The average molecular weight is 389 g/mol. The minimum Gasteiger partial charge on any atom is -0.497 e. The smallest absolute Gasteiger partial charge is 0.310 e. The molecule has 0 unspecified atom stereocenters. The second-order valence-corrected chi connectivity index (χ2v) is 6.55. The molecule has 1 heterocycles. The number of benzene rings is 3. The number of carbonyl (C=O) groups excluding carboxylic acids is 2. The minimum atomic E-state index is -0.482. The van der Waals surface area contributed by atoms with E-state index in [1.54, 1.807) is 43.5 Å². The summed E-state index contributed by atoms with van der Waals surface area (Å²) >= 11 is 0. The van der Waals surface area contributed by atoms with Gasteiger partial charge in [0.05, 0.1) is 13.5 Å². The highest BCUT2D eigenvalue weighted by Gasteiger charge is 2.11. The Morgan fingerprint density at radius 1 is 0.931 bits per heavy atom. The van der Waals surface area contributed by atoms with Gasteiger partial charge in [0.25, 0.3) is 5.91 Å². The first kappa shape index (κ1) is 18.6. The molecular weight excluding hydrogens is 370 g/mol. The molecule has 0 saturated heterocycles. The van der Waals surface area contributed by atoms with Crippen molar-refractivity contribution in [2.24, 2.45) is 0 Å². The van der Waals surface area contributed by atoms with Crippen molar-refractivity contribution >= 4 is 39.5 Å². The van der Waals surface area contributed by atoms with Crippen molar-refractivity contribution in [3.63, 3.8) is 0 Å². The Balaban J connectivity index is 1.36. The van der Waals surface area contributed by atoms with Crippen LogP contribution in [0.4, 0.5) is 5.69 Å². The lowest BCUT2D eigenvalue weighted by atomic mass is 10.1. The van der Waals surface area contributed by atoms with Crippen LogP contribution in [0.15, 0.2) is 71.1 Å². The highest BCUT2D eigenvalue weighted by atomic mass is 16.5. The van der Waals surface area contributed by atoms with E-state index in [2.05, 4.69) is 5.32 Å². The van der Waals surface area contributed by atoms with Crippen molar-refractivity contribution in [3.05, 3.63) is 72.3 Å². The number of hydrogen-bond donors (Lipinski definition) is 1. The number of methoxy groups -OCH3 is 1. The number of nitrogens with one attached hydrogen (secondary N) is 1. The molecule has 6 nitrogen and oxygen atoms in total. The summed E-state index contributed by atoms with van der Waals surface area (Å²) in [5.74, 6) is -0.226. The van der Waals surface area contributed by atoms with E-state index in [4.69, 9.17) is 13.9 Å². The van der Waals surface area contributed by atoms with Gasteiger partial charge in [-0.05, 0) is 42.0 Å². The quantitative estimate of drug-likeness (QED) is 0.497. The Labute approximate surface area is 167 Å². The molecule has 4 aromatic rings. The summed E-state index contributed by atoms with van der Waals surface area (Å²) in [4.78, 5) is 24.2. The second-order valence-electron chi connectivity index (χ2n) is 6.55. The van der Waals surface area contributed by atoms with Crippen molar-refractivity contribution in [2.45, 2.75) is 6.42 Å². The average Bonchev–Trinajstić information content (AvgIpc) is 3.10. The van der Waals surface area contributed by atoms with Crippen LogP contribution >= 0.6 is 0 Å². The highest BCUT2D eigenvalue weighted by Crippen LogP contribution is 2.30. The SMILES string of the molecule is COc1cccc(CC(=O)OCC(=O)Nc2ccc3oc4ccccc4c3c2)c1. The Hall–Kier alpha value is -3.80. The van der Waals surface area contributed by atoms with Crippen LogP contribution in [-0.2, 0) is 20.7 Å². The van der Waals surface area contributed by atoms with Gasteiger partial charge in [-0.25, -0.2) is 0 Å². The van der Waals surface area contributed by atoms with E-state index < -0.39 is 11.9 Å². The summed E-state index contributed by atoms with van der Waals surface area (Å²) in [5, 5.41) is 4.63. The molecule has 1 N–H and O–H groups in total. The zero-order valence-electron chi connectivity index (χ0n) is 15.8. The first-order valence-corrected chi connectivity index (χ1v) is 9.12. The lowest BCUT2D eigenvalue weighted by molar-refractivity contribution is -0.146. The predicted molar refractivity (Wildman–Crippen MR) is 110 cm³/mol. The van der Waals surface area contributed by atoms with Crippen LogP contribution in [0, 0.1) is 0 Å². The Morgan fingerprint density at radius 2 is 1.76 bits per heavy atom. The zero-order chi connectivity index (χ0) is 20.2. The first-order chi connectivity index (χ1) is 14.1. The fourth-order valence-electron chi connectivity index (χ4n) is 3.15. The number of rotatable bonds is 6. The molecule has 0 fully saturated rings. The number of amides is 1. The van der Waals surface area contributed by atoms with Gasteiger partial charge >= 0.3 is 5.97 Å². The second kappa shape index (κ2) is 8.06. The molecule has 0 aliphatic heterocycles. The fraction of sp³-hybridized carbons (Fsp3) is 0.130. The lowest BCUT2D eigenvalue weighted by Crippen LogP contribution is -2.21. The van der Waals surface area contributed by atoms with E-state index in [1.807, 2.05) is 30.3 Å². The summed E-state index contributed by atoms with van der Waals surface area (Å²) in [6.45, 7) is -0.354. The number of hydrogen-bond acceptors (Lipinski definition) is 5. The number of para-hydroxylation sites is 1. The molecule has 3 aromatic carbocycles. The van der Waals surface area contributed by atoms with E-state index in [-0.39, 0.29) is 13.0 Å². The summed E-state index contributed by atoms with van der Waals surface area (Å²) < 4.78 is 16.0. The Bertz CT molecular complexity index is 1190. The predicted octanol–water partition coefficient (Wildman–Crippen LogP) is 4.32. The van der Waals surface area contributed by atoms with Crippen molar-refractivity contribution in [2.75, 3.05) is 19.0 Å². The standard InChI is InChI=1S/C23H19NO5/c1-27-17-6-4-5-15(11-17)12-23(26)28-14-22(25)24-16-9-10-21-19(13-16)18-7-2-3-8-20(18)29-21/h2-11,13H,12,14H2,1H3,(H,24,25). The van der Waals surface area contributed by atoms with Crippen LogP contribution in [0.2, 0.25) is 0 Å². The number of ether oxygens (including phenoxy) is 2. The van der Waals surface area contributed by atoms with E-state index in [1.165, 1.54) is 0 Å². The molecular formula is C23H19NO5. The maximum Gasteiger partial charge on any atom is 0.310 e. The Kier molecular flexibility index (Phi) is 5.16. The van der Waals surface area contributed by atoms with Crippen molar-refractivity contribution < 1.29 is 23.5 Å². The van der Waals surface area contributed by atoms with Gasteiger partial charge in [-0.2, -0.15) is 0 Å². The van der Waals surface area contributed by atoms with Crippen molar-refractivity contribution in [3.8, 4) is 5.75 Å². The van der Waals surface area contributed by atoms with Crippen LogP contribution in [0.5, 0.6) is 5.75 Å². The largest absolute Gasteiger partial charge is 0.497 e. The number of carbonyl (C=O) groups is 2.